The molecule has 4 nitrogen and oxygen atoms in total. The summed E-state index contributed by atoms with van der Waals surface area (Å²) in [6.45, 7) is 0.663. The Bertz CT molecular complexity index is 690. The lowest BCUT2D eigenvalue weighted by Crippen LogP contribution is -2.31. The van der Waals surface area contributed by atoms with Crippen molar-refractivity contribution in [3.63, 3.8) is 0 Å². The molecule has 2 N–H and O–H groups in total. The number of hydrogen-bond donors (Lipinski definition) is 2. The number of nitrogens with one attached hydrogen (secondary N) is 2. The van der Waals surface area contributed by atoms with Crippen LogP contribution < -0.4 is 10.9 Å². The Kier molecular flexibility index (Phi) is 3.82. The third kappa shape index (κ3) is 2.87. The lowest BCUT2D eigenvalue weighted by atomic mass is 9.87. The van der Waals surface area contributed by atoms with Crippen LogP contribution in [-0.2, 0) is 0 Å². The molecule has 1 saturated heterocycles. The quantitative estimate of drug-likeness (QED) is 0.837. The molecule has 0 spiro atoms. The van der Waals surface area contributed by atoms with Crippen LogP contribution in [0.1, 0.15) is 36.1 Å². The minimum Gasteiger partial charge on any atom is -0.383 e. The van der Waals surface area contributed by atoms with Crippen LogP contribution in [0.4, 0.5) is 8.78 Å². The van der Waals surface area contributed by atoms with Gasteiger partial charge in [0.05, 0.1) is 0 Å². The summed E-state index contributed by atoms with van der Waals surface area (Å²) >= 11 is 5.49. The van der Waals surface area contributed by atoms with Crippen LogP contribution in [0.3, 0.4) is 0 Å². The minimum absolute atomic E-state index is 0.0250. The van der Waals surface area contributed by atoms with E-state index < -0.39 is 16.7 Å². The zero-order valence-corrected chi connectivity index (χ0v) is 11.7. The molecule has 0 saturated carbocycles. The van der Waals surface area contributed by atoms with E-state index in [9.17, 15) is 13.6 Å². The Morgan fingerprint density at radius 3 is 2.57 bits per heavy atom. The number of benzene rings is 1. The maximum absolute atomic E-state index is 13.6. The molecule has 3 rings (SSSR count). The molecule has 1 aromatic carbocycles. The van der Waals surface area contributed by atoms with Gasteiger partial charge in [0.15, 0.2) is 0 Å². The largest absolute Gasteiger partial charge is 0.383 e. The first kappa shape index (κ1) is 14.3. The molecule has 7 heteroatoms. The Labute approximate surface area is 124 Å². The highest BCUT2D eigenvalue weighted by atomic mass is 35.5. The fraction of sp³-hybridized carbons (Fsp3) is 0.357. The standard InChI is InChI=1S/C14H13ClF2N2O2/c15-14-9(16)3-8(4-10(14)17)11-5-7(1-2-18-11)12-6-13(20)19-21-12/h3-4,6-7,11,18H,1-2,5H2,(H,19,20). The number of piperidine rings is 1. The molecular weight excluding hydrogens is 302 g/mol. The molecule has 0 radical (unpaired) electrons. The van der Waals surface area contributed by atoms with Gasteiger partial charge in [0.1, 0.15) is 22.4 Å². The Balaban J connectivity index is 1.84. The molecule has 0 aliphatic carbocycles. The monoisotopic (exact) mass is 314 g/mol. The first-order valence-corrected chi connectivity index (χ1v) is 6.98. The van der Waals surface area contributed by atoms with E-state index in [0.29, 0.717) is 24.3 Å². The first-order valence-electron chi connectivity index (χ1n) is 6.61. The highest BCUT2D eigenvalue weighted by Crippen LogP contribution is 2.35. The summed E-state index contributed by atoms with van der Waals surface area (Å²) < 4.78 is 32.2. The van der Waals surface area contributed by atoms with Crippen molar-refractivity contribution in [2.24, 2.45) is 0 Å². The third-order valence-electron chi connectivity index (χ3n) is 3.76. The van der Waals surface area contributed by atoms with Gasteiger partial charge in [-0.05, 0) is 37.1 Å². The van der Waals surface area contributed by atoms with Crippen LogP contribution >= 0.6 is 11.6 Å². The van der Waals surface area contributed by atoms with Crippen LogP contribution in [-0.4, -0.2) is 11.7 Å². The number of aromatic nitrogens is 1. The summed E-state index contributed by atoms with van der Waals surface area (Å²) in [5.74, 6) is -0.953. The van der Waals surface area contributed by atoms with E-state index >= 15 is 0 Å². The predicted octanol–water partition coefficient (Wildman–Crippen LogP) is 3.11. The van der Waals surface area contributed by atoms with Gasteiger partial charge < -0.3 is 9.84 Å². The van der Waals surface area contributed by atoms with Crippen molar-refractivity contribution < 1.29 is 13.3 Å². The number of halogens is 3. The Hall–Kier alpha value is -1.66. The normalized spacial score (nSPS) is 22.4. The van der Waals surface area contributed by atoms with E-state index in [2.05, 4.69) is 10.5 Å². The summed E-state index contributed by atoms with van der Waals surface area (Å²) in [6, 6.07) is 3.67. The molecule has 1 aliphatic heterocycles. The smallest absolute Gasteiger partial charge is 0.280 e. The average molecular weight is 315 g/mol. The molecule has 1 aliphatic rings. The minimum atomic E-state index is -0.774. The van der Waals surface area contributed by atoms with Crippen molar-refractivity contribution in [3.05, 3.63) is 56.5 Å². The summed E-state index contributed by atoms with van der Waals surface area (Å²) in [5.41, 5.74) is 0.209. The summed E-state index contributed by atoms with van der Waals surface area (Å²) in [5, 5.41) is 4.97. The second kappa shape index (κ2) is 5.61. The van der Waals surface area contributed by atoms with Gasteiger partial charge in [-0.25, -0.2) is 8.78 Å². The number of H-pyrrole nitrogens is 1. The molecule has 2 atom stereocenters. The van der Waals surface area contributed by atoms with Crippen molar-refractivity contribution >= 4 is 11.6 Å². The first-order chi connectivity index (χ1) is 10.0. The summed E-state index contributed by atoms with van der Waals surface area (Å²) in [7, 11) is 0. The summed E-state index contributed by atoms with van der Waals surface area (Å²) in [4.78, 5) is 11.1. The van der Waals surface area contributed by atoms with Gasteiger partial charge in [0.25, 0.3) is 5.56 Å². The van der Waals surface area contributed by atoms with Crippen molar-refractivity contribution in [1.82, 2.24) is 10.5 Å². The molecule has 2 aromatic rings. The van der Waals surface area contributed by atoms with Gasteiger partial charge in [-0.15, -0.1) is 0 Å². The second-order valence-electron chi connectivity index (χ2n) is 5.14. The van der Waals surface area contributed by atoms with Gasteiger partial charge in [-0.3, -0.25) is 4.79 Å². The van der Waals surface area contributed by atoms with Gasteiger partial charge in [0, 0.05) is 18.0 Å². The van der Waals surface area contributed by atoms with Gasteiger partial charge >= 0.3 is 0 Å². The zero-order chi connectivity index (χ0) is 15.0. The van der Waals surface area contributed by atoms with E-state index in [1.165, 1.54) is 18.2 Å². The van der Waals surface area contributed by atoms with Crippen LogP contribution in [0, 0.1) is 11.6 Å². The highest BCUT2D eigenvalue weighted by molar-refractivity contribution is 6.30. The fourth-order valence-electron chi connectivity index (χ4n) is 2.70. The highest BCUT2D eigenvalue weighted by Gasteiger charge is 2.27. The Morgan fingerprint density at radius 1 is 1.24 bits per heavy atom. The van der Waals surface area contributed by atoms with Gasteiger partial charge in [0.2, 0.25) is 0 Å². The number of hydrogen-bond acceptors (Lipinski definition) is 3. The number of rotatable bonds is 2. The molecule has 0 amide bonds. The van der Waals surface area contributed by atoms with Gasteiger partial charge in [-0.2, -0.15) is 5.16 Å². The molecule has 1 aromatic heterocycles. The van der Waals surface area contributed by atoms with Crippen LogP contribution in [0.15, 0.2) is 27.5 Å². The van der Waals surface area contributed by atoms with E-state index in [-0.39, 0.29) is 17.5 Å². The van der Waals surface area contributed by atoms with E-state index in [0.717, 1.165) is 6.42 Å². The molecule has 112 valence electrons. The third-order valence-corrected chi connectivity index (χ3v) is 4.12. The lowest BCUT2D eigenvalue weighted by molar-refractivity contribution is 0.295. The maximum Gasteiger partial charge on any atom is 0.280 e. The Morgan fingerprint density at radius 2 is 1.95 bits per heavy atom. The van der Waals surface area contributed by atoms with Crippen molar-refractivity contribution in [2.45, 2.75) is 24.8 Å². The lowest BCUT2D eigenvalue weighted by Gasteiger charge is -2.29. The maximum atomic E-state index is 13.6. The number of aromatic amines is 1. The predicted molar refractivity (Wildman–Crippen MR) is 73.4 cm³/mol. The molecule has 1 fully saturated rings. The SMILES string of the molecule is O=c1cc(C2CCNC(c3cc(F)c(Cl)c(F)c3)C2)o[nH]1. The topological polar surface area (TPSA) is 58.0 Å². The van der Waals surface area contributed by atoms with Crippen LogP contribution in [0.2, 0.25) is 5.02 Å². The van der Waals surface area contributed by atoms with Crippen molar-refractivity contribution in [1.29, 1.82) is 0 Å². The molecular formula is C14H13ClF2N2O2. The van der Waals surface area contributed by atoms with Crippen LogP contribution in [0.25, 0.3) is 0 Å². The molecule has 0 bridgehead atoms. The fourth-order valence-corrected chi connectivity index (χ4v) is 2.81. The van der Waals surface area contributed by atoms with Crippen molar-refractivity contribution in [3.8, 4) is 0 Å². The summed E-state index contributed by atoms with van der Waals surface area (Å²) in [6.07, 6.45) is 1.37. The zero-order valence-electron chi connectivity index (χ0n) is 11.0. The molecule has 21 heavy (non-hydrogen) atoms. The molecule has 2 heterocycles. The van der Waals surface area contributed by atoms with E-state index in [4.69, 9.17) is 16.1 Å². The van der Waals surface area contributed by atoms with Gasteiger partial charge in [-0.1, -0.05) is 11.6 Å². The second-order valence-corrected chi connectivity index (χ2v) is 5.52. The van der Waals surface area contributed by atoms with Crippen LogP contribution in [0.5, 0.6) is 0 Å². The van der Waals surface area contributed by atoms with Crippen molar-refractivity contribution in [2.75, 3.05) is 6.54 Å². The average Bonchev–Trinajstić information content (AvgIpc) is 2.91. The van der Waals surface area contributed by atoms with E-state index in [1.807, 2.05) is 0 Å². The van der Waals surface area contributed by atoms with E-state index in [1.54, 1.807) is 0 Å². The molecule has 2 unspecified atom stereocenters.